The van der Waals surface area contributed by atoms with Gasteiger partial charge in [-0.3, -0.25) is 0 Å². The molecule has 1 aromatic heterocycles. The quantitative estimate of drug-likeness (QED) is 0.519. The highest BCUT2D eigenvalue weighted by atomic mass is 32.1. The first-order chi connectivity index (χ1) is 5.36. The molecule has 0 aliphatic carbocycles. The minimum absolute atomic E-state index is 1.33. The molecule has 1 heterocycles. The van der Waals surface area contributed by atoms with Gasteiger partial charge in [-0.1, -0.05) is 11.6 Å². The maximum absolute atomic E-state index is 2.21. The minimum atomic E-state index is 1.33. The molecule has 0 nitrogen and oxygen atoms in total. The minimum Gasteiger partial charge on any atom is -0.0537 e. The second-order valence-corrected chi connectivity index (χ2v) is 3.60. The smallest absolute Gasteiger partial charge is 0.0537 e. The fraction of sp³-hybridized carbons (Fsp3) is 0.100. The largest absolute Gasteiger partial charge is 0.237 e. The van der Waals surface area contributed by atoms with Crippen molar-refractivity contribution < 1.29 is 0 Å². The summed E-state index contributed by atoms with van der Waals surface area (Å²) in [7, 11) is 0. The molecule has 0 aliphatic rings. The molecule has 1 heteroatoms. The van der Waals surface area contributed by atoms with Crippen LogP contribution in [0.4, 0.5) is 0 Å². The van der Waals surface area contributed by atoms with Gasteiger partial charge in [-0.2, -0.15) is 0 Å². The van der Waals surface area contributed by atoms with Gasteiger partial charge < -0.3 is 0 Å². The zero-order chi connectivity index (χ0) is 7.68. The standard InChI is InChI=1S/C10H9S/c1-8-4-5-10-9(7-8)3-2-6-11-10/h2-7H,1H3/q+1. The van der Waals surface area contributed by atoms with Crippen LogP contribution in [0.15, 0.2) is 35.7 Å². The van der Waals surface area contributed by atoms with Crippen molar-refractivity contribution in [2.75, 3.05) is 0 Å². The second-order valence-electron chi connectivity index (χ2n) is 2.65. The summed E-state index contributed by atoms with van der Waals surface area (Å²) in [4.78, 5) is 0. The van der Waals surface area contributed by atoms with Gasteiger partial charge in [0.05, 0.1) is 0 Å². The van der Waals surface area contributed by atoms with Crippen LogP contribution in [-0.4, -0.2) is 0 Å². The summed E-state index contributed by atoms with van der Waals surface area (Å²) in [5.74, 6) is 0. The monoisotopic (exact) mass is 161 g/mol. The molecular formula is C10H9S+. The van der Waals surface area contributed by atoms with Crippen molar-refractivity contribution in [3.8, 4) is 0 Å². The van der Waals surface area contributed by atoms with E-state index in [0.29, 0.717) is 0 Å². The molecule has 0 spiro atoms. The number of hydrogen-bond donors (Lipinski definition) is 0. The zero-order valence-corrected chi connectivity index (χ0v) is 7.19. The first kappa shape index (κ1) is 6.74. The molecule has 11 heavy (non-hydrogen) atoms. The van der Waals surface area contributed by atoms with Crippen molar-refractivity contribution in [3.05, 3.63) is 41.3 Å². The Hall–Kier alpha value is -0.950. The van der Waals surface area contributed by atoms with Crippen molar-refractivity contribution in [1.82, 2.24) is 0 Å². The number of fused-ring (bicyclic) bond motifs is 1. The lowest BCUT2D eigenvalue weighted by Crippen LogP contribution is -1.71. The molecule has 2 aromatic rings. The number of aryl methyl sites for hydroxylation is 1. The molecular weight excluding hydrogens is 152 g/mol. The molecule has 0 aliphatic heterocycles. The van der Waals surface area contributed by atoms with Gasteiger partial charge in [0.2, 0.25) is 16.0 Å². The second kappa shape index (κ2) is 2.59. The van der Waals surface area contributed by atoms with E-state index in [-0.39, 0.29) is 0 Å². The predicted octanol–water partition coefficient (Wildman–Crippen LogP) is 3.49. The van der Waals surface area contributed by atoms with Crippen molar-refractivity contribution in [2.24, 2.45) is 0 Å². The molecule has 0 radical (unpaired) electrons. The third kappa shape index (κ3) is 1.24. The Kier molecular flexibility index (Phi) is 1.59. The average Bonchev–Trinajstić information content (AvgIpc) is 2.04. The molecule has 0 unspecified atom stereocenters. The number of benzene rings is 1. The van der Waals surface area contributed by atoms with Crippen molar-refractivity contribution in [1.29, 1.82) is 0 Å². The van der Waals surface area contributed by atoms with Gasteiger partial charge in [0.15, 0.2) is 5.38 Å². The summed E-state index contributed by atoms with van der Waals surface area (Å²) in [6.07, 6.45) is 0. The fourth-order valence-electron chi connectivity index (χ4n) is 1.16. The molecule has 0 atom stereocenters. The zero-order valence-electron chi connectivity index (χ0n) is 6.37. The van der Waals surface area contributed by atoms with Crippen LogP contribution < -0.4 is 0 Å². The van der Waals surface area contributed by atoms with E-state index < -0.39 is 0 Å². The normalized spacial score (nSPS) is 10.3. The van der Waals surface area contributed by atoms with Crippen LogP contribution >= 0.6 is 11.3 Å². The third-order valence-electron chi connectivity index (χ3n) is 1.71. The highest BCUT2D eigenvalue weighted by Crippen LogP contribution is 2.18. The van der Waals surface area contributed by atoms with Crippen LogP contribution in [0.1, 0.15) is 5.56 Å². The van der Waals surface area contributed by atoms with E-state index in [4.69, 9.17) is 0 Å². The highest BCUT2D eigenvalue weighted by molar-refractivity contribution is 7.16. The molecule has 1 aromatic carbocycles. The molecule has 0 fully saturated rings. The van der Waals surface area contributed by atoms with Crippen molar-refractivity contribution in [2.45, 2.75) is 6.92 Å². The van der Waals surface area contributed by atoms with Crippen LogP contribution in [-0.2, 0) is 0 Å². The molecule has 54 valence electrons. The first-order valence-electron chi connectivity index (χ1n) is 3.63. The van der Waals surface area contributed by atoms with Gasteiger partial charge >= 0.3 is 0 Å². The first-order valence-corrected chi connectivity index (χ1v) is 4.51. The summed E-state index contributed by atoms with van der Waals surface area (Å²) in [6.45, 7) is 2.12. The lowest BCUT2D eigenvalue weighted by Gasteiger charge is -1.89. The van der Waals surface area contributed by atoms with E-state index in [1.165, 1.54) is 15.6 Å². The van der Waals surface area contributed by atoms with Crippen molar-refractivity contribution >= 4 is 21.4 Å². The van der Waals surface area contributed by atoms with Crippen LogP contribution in [0.5, 0.6) is 0 Å². The molecule has 2 rings (SSSR count). The lowest BCUT2D eigenvalue weighted by atomic mass is 10.2. The Morgan fingerprint density at radius 1 is 1.18 bits per heavy atom. The van der Waals surface area contributed by atoms with Crippen LogP contribution in [0, 0.1) is 6.92 Å². The van der Waals surface area contributed by atoms with E-state index in [2.05, 4.69) is 42.6 Å². The molecule has 0 saturated heterocycles. The fourth-order valence-corrected chi connectivity index (χ4v) is 1.87. The SMILES string of the molecule is Cc1ccc2[s+]cccc2c1. The van der Waals surface area contributed by atoms with E-state index in [0.717, 1.165) is 0 Å². The van der Waals surface area contributed by atoms with Crippen molar-refractivity contribution in [3.63, 3.8) is 0 Å². The summed E-state index contributed by atoms with van der Waals surface area (Å²) in [6, 6.07) is 10.8. The van der Waals surface area contributed by atoms with Crippen LogP contribution in [0.2, 0.25) is 0 Å². The Bertz CT molecular complexity index is 379. The summed E-state index contributed by atoms with van der Waals surface area (Å²) in [5, 5.41) is 3.45. The van der Waals surface area contributed by atoms with E-state index >= 15 is 0 Å². The van der Waals surface area contributed by atoms with Gasteiger partial charge in [-0.15, -0.1) is 0 Å². The lowest BCUT2D eigenvalue weighted by molar-refractivity contribution is 1.51. The highest BCUT2D eigenvalue weighted by Gasteiger charge is 2.00. The Balaban J connectivity index is 2.83. The number of hydrogen-bond acceptors (Lipinski definition) is 0. The van der Waals surface area contributed by atoms with E-state index in [9.17, 15) is 0 Å². The van der Waals surface area contributed by atoms with Gasteiger partial charge in [-0.05, 0) is 25.1 Å². The van der Waals surface area contributed by atoms with Gasteiger partial charge in [-0.25, -0.2) is 0 Å². The topological polar surface area (TPSA) is 0 Å². The van der Waals surface area contributed by atoms with Crippen LogP contribution in [0.3, 0.4) is 0 Å². The Labute approximate surface area is 70.1 Å². The maximum Gasteiger partial charge on any atom is 0.237 e. The maximum atomic E-state index is 2.21. The van der Waals surface area contributed by atoms with Crippen LogP contribution in [0.25, 0.3) is 10.1 Å². The summed E-state index contributed by atoms with van der Waals surface area (Å²) in [5.41, 5.74) is 1.33. The van der Waals surface area contributed by atoms with Gasteiger partial charge in [0.25, 0.3) is 0 Å². The Morgan fingerprint density at radius 3 is 3.00 bits per heavy atom. The van der Waals surface area contributed by atoms with E-state index in [1.54, 1.807) is 11.3 Å². The predicted molar refractivity (Wildman–Crippen MR) is 51.0 cm³/mol. The molecule has 0 N–H and O–H groups in total. The van der Waals surface area contributed by atoms with Gasteiger partial charge in [0.1, 0.15) is 0 Å². The average molecular weight is 161 g/mol. The molecule has 0 bridgehead atoms. The Morgan fingerprint density at radius 2 is 2.09 bits per heavy atom. The van der Waals surface area contributed by atoms with E-state index in [1.807, 2.05) is 0 Å². The summed E-state index contributed by atoms with van der Waals surface area (Å²) < 4.78 is 1.36. The molecule has 0 amide bonds. The van der Waals surface area contributed by atoms with Gasteiger partial charge in [0, 0.05) is 11.5 Å². The number of rotatable bonds is 0. The third-order valence-corrected chi connectivity index (χ3v) is 2.63. The molecule has 0 saturated carbocycles. The summed E-state index contributed by atoms with van der Waals surface area (Å²) >= 11 is 1.79.